The van der Waals surface area contributed by atoms with Crippen LogP contribution in [0.2, 0.25) is 0 Å². The molecule has 0 aliphatic carbocycles. The summed E-state index contributed by atoms with van der Waals surface area (Å²) in [6.45, 7) is 2.32. The highest BCUT2D eigenvalue weighted by molar-refractivity contribution is 5.52. The fraction of sp³-hybridized carbons (Fsp3) is 0.444. The maximum Gasteiger partial charge on any atom is 0.0686 e. The lowest BCUT2D eigenvalue weighted by Gasteiger charge is -2.20. The smallest absolute Gasteiger partial charge is 0.0686 e. The van der Waals surface area contributed by atoms with Gasteiger partial charge in [0.15, 0.2) is 0 Å². The summed E-state index contributed by atoms with van der Waals surface area (Å²) in [5.41, 5.74) is 7.13. The number of aromatic nitrogens is 1. The van der Waals surface area contributed by atoms with Gasteiger partial charge in [0.1, 0.15) is 0 Å². The largest absolute Gasteiger partial charge is 0.397 e. The predicted octanol–water partition coefficient (Wildman–Crippen LogP) is 0.481. The molecule has 1 aromatic heterocycles. The lowest BCUT2D eigenvalue weighted by Crippen LogP contribution is -2.26. The van der Waals surface area contributed by atoms with Crippen LogP contribution in [-0.2, 0) is 0 Å². The standard InChI is InChI=1S/C9H15N3O/c1-7(13)6-12(2)9-3-8(10)4-11-5-9/h3-5,7,13H,6,10H2,1-2H3. The van der Waals surface area contributed by atoms with Crippen molar-refractivity contribution >= 4 is 11.4 Å². The second-order valence-electron chi connectivity index (χ2n) is 3.21. The van der Waals surface area contributed by atoms with Crippen LogP contribution in [0.3, 0.4) is 0 Å². The van der Waals surface area contributed by atoms with Crippen LogP contribution in [0.4, 0.5) is 11.4 Å². The van der Waals surface area contributed by atoms with Gasteiger partial charge in [0, 0.05) is 19.8 Å². The lowest BCUT2D eigenvalue weighted by atomic mass is 10.3. The van der Waals surface area contributed by atoms with Crippen LogP contribution < -0.4 is 10.6 Å². The van der Waals surface area contributed by atoms with Crippen molar-refractivity contribution in [3.05, 3.63) is 18.5 Å². The highest BCUT2D eigenvalue weighted by Gasteiger charge is 2.04. The van der Waals surface area contributed by atoms with Crippen LogP contribution in [0.1, 0.15) is 6.92 Å². The summed E-state index contributed by atoms with van der Waals surface area (Å²) in [5, 5.41) is 9.16. The normalized spacial score (nSPS) is 12.5. The van der Waals surface area contributed by atoms with Crippen molar-refractivity contribution in [1.82, 2.24) is 4.98 Å². The molecule has 0 amide bonds. The van der Waals surface area contributed by atoms with Crippen LogP contribution in [0.15, 0.2) is 18.5 Å². The minimum Gasteiger partial charge on any atom is -0.397 e. The number of hydrogen-bond donors (Lipinski definition) is 2. The Morgan fingerprint density at radius 2 is 2.31 bits per heavy atom. The second kappa shape index (κ2) is 4.09. The first-order chi connectivity index (χ1) is 6.09. The number of anilines is 2. The Labute approximate surface area is 78.0 Å². The maximum atomic E-state index is 9.16. The van der Waals surface area contributed by atoms with E-state index >= 15 is 0 Å². The van der Waals surface area contributed by atoms with Crippen LogP contribution in [0.5, 0.6) is 0 Å². The van der Waals surface area contributed by atoms with E-state index < -0.39 is 0 Å². The van der Waals surface area contributed by atoms with Crippen LogP contribution >= 0.6 is 0 Å². The number of rotatable bonds is 3. The minimum absolute atomic E-state index is 0.355. The molecule has 0 fully saturated rings. The summed E-state index contributed by atoms with van der Waals surface area (Å²) in [6, 6.07) is 1.83. The molecular formula is C9H15N3O. The number of aliphatic hydroxyl groups excluding tert-OH is 1. The van der Waals surface area contributed by atoms with Crippen molar-refractivity contribution in [2.75, 3.05) is 24.2 Å². The van der Waals surface area contributed by atoms with E-state index in [1.54, 1.807) is 19.3 Å². The van der Waals surface area contributed by atoms with E-state index in [4.69, 9.17) is 10.8 Å². The zero-order valence-corrected chi connectivity index (χ0v) is 7.94. The number of nitrogen functional groups attached to an aromatic ring is 1. The molecule has 0 spiro atoms. The molecule has 1 aromatic rings. The quantitative estimate of drug-likeness (QED) is 0.712. The molecule has 0 bridgehead atoms. The van der Waals surface area contributed by atoms with E-state index in [-0.39, 0.29) is 6.10 Å². The molecule has 1 unspecified atom stereocenters. The number of aliphatic hydroxyl groups is 1. The predicted molar refractivity (Wildman–Crippen MR) is 53.6 cm³/mol. The van der Waals surface area contributed by atoms with Crippen molar-refractivity contribution < 1.29 is 5.11 Å². The molecule has 3 N–H and O–H groups in total. The summed E-state index contributed by atoms with van der Waals surface area (Å²) >= 11 is 0. The highest BCUT2D eigenvalue weighted by atomic mass is 16.3. The number of likely N-dealkylation sites (N-methyl/N-ethyl adjacent to an activating group) is 1. The van der Waals surface area contributed by atoms with Gasteiger partial charge >= 0.3 is 0 Å². The summed E-state index contributed by atoms with van der Waals surface area (Å²) in [4.78, 5) is 5.88. The lowest BCUT2D eigenvalue weighted by molar-refractivity contribution is 0.201. The van der Waals surface area contributed by atoms with Crippen molar-refractivity contribution in [2.45, 2.75) is 13.0 Å². The molecular weight excluding hydrogens is 166 g/mol. The molecule has 0 saturated carbocycles. The molecule has 13 heavy (non-hydrogen) atoms. The third-order valence-electron chi connectivity index (χ3n) is 1.72. The zero-order chi connectivity index (χ0) is 9.84. The Balaban J connectivity index is 2.71. The van der Waals surface area contributed by atoms with Gasteiger partial charge in [-0.2, -0.15) is 0 Å². The Morgan fingerprint density at radius 3 is 2.85 bits per heavy atom. The summed E-state index contributed by atoms with van der Waals surface area (Å²) in [6.07, 6.45) is 2.96. The number of pyridine rings is 1. The second-order valence-corrected chi connectivity index (χ2v) is 3.21. The molecule has 1 rings (SSSR count). The van der Waals surface area contributed by atoms with Gasteiger partial charge in [0.2, 0.25) is 0 Å². The molecule has 0 aliphatic heterocycles. The van der Waals surface area contributed by atoms with Gasteiger partial charge in [-0.05, 0) is 13.0 Å². The molecule has 1 heterocycles. The summed E-state index contributed by atoms with van der Waals surface area (Å²) < 4.78 is 0. The Morgan fingerprint density at radius 1 is 1.62 bits per heavy atom. The molecule has 0 aliphatic rings. The van der Waals surface area contributed by atoms with Crippen LogP contribution in [0.25, 0.3) is 0 Å². The fourth-order valence-electron chi connectivity index (χ4n) is 1.16. The number of nitrogens with two attached hydrogens (primary N) is 1. The van der Waals surface area contributed by atoms with Crippen molar-refractivity contribution in [1.29, 1.82) is 0 Å². The first-order valence-electron chi connectivity index (χ1n) is 4.19. The van der Waals surface area contributed by atoms with Gasteiger partial charge in [-0.25, -0.2) is 0 Å². The van der Waals surface area contributed by atoms with Gasteiger partial charge in [-0.1, -0.05) is 0 Å². The Bertz CT molecular complexity index is 275. The molecule has 1 atom stereocenters. The maximum absolute atomic E-state index is 9.16. The van der Waals surface area contributed by atoms with Crippen molar-refractivity contribution in [2.24, 2.45) is 0 Å². The topological polar surface area (TPSA) is 62.4 Å². The van der Waals surface area contributed by atoms with Crippen LogP contribution in [0, 0.1) is 0 Å². The van der Waals surface area contributed by atoms with E-state index in [1.807, 2.05) is 18.0 Å². The number of nitrogens with zero attached hydrogens (tertiary/aromatic N) is 2. The monoisotopic (exact) mass is 181 g/mol. The van der Waals surface area contributed by atoms with Gasteiger partial charge < -0.3 is 15.7 Å². The first kappa shape index (κ1) is 9.80. The first-order valence-corrected chi connectivity index (χ1v) is 4.19. The Kier molecular flexibility index (Phi) is 3.08. The molecule has 4 nitrogen and oxygen atoms in total. The van der Waals surface area contributed by atoms with Gasteiger partial charge in [-0.15, -0.1) is 0 Å². The molecule has 0 radical (unpaired) electrons. The average Bonchev–Trinajstić information content (AvgIpc) is 2.03. The van der Waals surface area contributed by atoms with E-state index in [0.717, 1.165) is 5.69 Å². The minimum atomic E-state index is -0.355. The third kappa shape index (κ3) is 2.91. The highest BCUT2D eigenvalue weighted by Crippen LogP contribution is 2.13. The summed E-state index contributed by atoms with van der Waals surface area (Å²) in [5.74, 6) is 0. The average molecular weight is 181 g/mol. The van der Waals surface area contributed by atoms with Crippen LogP contribution in [-0.4, -0.2) is 29.8 Å². The molecule has 72 valence electrons. The van der Waals surface area contributed by atoms with Gasteiger partial charge in [0.05, 0.1) is 23.7 Å². The van der Waals surface area contributed by atoms with Crippen molar-refractivity contribution in [3.8, 4) is 0 Å². The molecule has 0 aromatic carbocycles. The molecule has 4 heteroatoms. The van der Waals surface area contributed by atoms with E-state index in [9.17, 15) is 0 Å². The third-order valence-corrected chi connectivity index (χ3v) is 1.72. The summed E-state index contributed by atoms with van der Waals surface area (Å²) in [7, 11) is 1.89. The van der Waals surface area contributed by atoms with E-state index in [2.05, 4.69) is 4.98 Å². The molecule has 0 saturated heterocycles. The van der Waals surface area contributed by atoms with E-state index in [0.29, 0.717) is 12.2 Å². The zero-order valence-electron chi connectivity index (χ0n) is 7.94. The number of hydrogen-bond acceptors (Lipinski definition) is 4. The fourth-order valence-corrected chi connectivity index (χ4v) is 1.16. The van der Waals surface area contributed by atoms with Gasteiger partial charge in [0.25, 0.3) is 0 Å². The van der Waals surface area contributed by atoms with Gasteiger partial charge in [-0.3, -0.25) is 4.98 Å². The van der Waals surface area contributed by atoms with E-state index in [1.165, 1.54) is 0 Å². The Hall–Kier alpha value is -1.29. The van der Waals surface area contributed by atoms with Crippen molar-refractivity contribution in [3.63, 3.8) is 0 Å². The SMILES string of the molecule is CC(O)CN(C)c1cncc(N)c1.